The maximum absolute atomic E-state index is 12.9. The molecule has 2 atom stereocenters. The molecule has 1 aromatic rings. The molecule has 3 aliphatic rings. The molecular formula is C18H28N4O3. The van der Waals surface area contributed by atoms with Crippen molar-refractivity contribution in [2.45, 2.75) is 57.6 Å². The number of nitrogens with zero attached hydrogens (tertiary/aromatic N) is 4. The number of hydrogen-bond acceptors (Lipinski definition) is 6. The summed E-state index contributed by atoms with van der Waals surface area (Å²) in [4.78, 5) is 21.7. The maximum atomic E-state index is 12.9. The summed E-state index contributed by atoms with van der Waals surface area (Å²) < 4.78 is 11.0. The van der Waals surface area contributed by atoms with Gasteiger partial charge in [0.2, 0.25) is 11.8 Å². The lowest BCUT2D eigenvalue weighted by Gasteiger charge is -2.32. The van der Waals surface area contributed by atoms with Crippen LogP contribution in [0.5, 0.6) is 0 Å². The van der Waals surface area contributed by atoms with Crippen LogP contribution in [0.15, 0.2) is 4.52 Å². The van der Waals surface area contributed by atoms with Gasteiger partial charge in [0.15, 0.2) is 5.82 Å². The molecule has 0 N–H and O–H groups in total. The van der Waals surface area contributed by atoms with E-state index in [9.17, 15) is 4.79 Å². The van der Waals surface area contributed by atoms with Gasteiger partial charge < -0.3 is 14.2 Å². The first kappa shape index (κ1) is 17.0. The Bertz CT molecular complexity index is 601. The van der Waals surface area contributed by atoms with Crippen LogP contribution >= 0.6 is 0 Å². The second-order valence-corrected chi connectivity index (χ2v) is 7.60. The van der Waals surface area contributed by atoms with Crippen LogP contribution in [0, 0.1) is 5.92 Å². The summed E-state index contributed by atoms with van der Waals surface area (Å²) >= 11 is 0. The Kier molecular flexibility index (Phi) is 5.03. The first-order chi connectivity index (χ1) is 12.2. The minimum Gasteiger partial charge on any atom is -0.378 e. The average molecular weight is 348 g/mol. The number of carbonyl (C=O) groups excluding carboxylic acids is 1. The summed E-state index contributed by atoms with van der Waals surface area (Å²) in [5.41, 5.74) is 0. The standard InChI is InChI=1S/C18H28N4O3/c1-13-15(4-2-11-24-13)18(23)22-8-3-7-21(9-10-22)12-16-19-17(25-20-16)14-5-6-14/h13-15H,2-12H2,1H3/t13-,15-/m1/s1. The van der Waals surface area contributed by atoms with E-state index >= 15 is 0 Å². The van der Waals surface area contributed by atoms with E-state index in [2.05, 4.69) is 15.0 Å². The predicted octanol–water partition coefficient (Wildman–Crippen LogP) is 1.80. The van der Waals surface area contributed by atoms with Crippen LogP contribution in [0.4, 0.5) is 0 Å². The number of carbonyl (C=O) groups is 1. The summed E-state index contributed by atoms with van der Waals surface area (Å²) in [5.74, 6) is 2.37. The molecule has 0 aromatic carbocycles. The van der Waals surface area contributed by atoms with Crippen LogP contribution < -0.4 is 0 Å². The van der Waals surface area contributed by atoms with Gasteiger partial charge >= 0.3 is 0 Å². The third kappa shape index (κ3) is 4.03. The summed E-state index contributed by atoms with van der Waals surface area (Å²) in [6.45, 7) is 6.95. The van der Waals surface area contributed by atoms with Gasteiger partial charge in [0, 0.05) is 38.7 Å². The first-order valence-electron chi connectivity index (χ1n) is 9.66. The van der Waals surface area contributed by atoms with Crippen molar-refractivity contribution >= 4 is 5.91 Å². The molecular weight excluding hydrogens is 320 g/mol. The van der Waals surface area contributed by atoms with E-state index in [4.69, 9.17) is 9.26 Å². The molecule has 2 saturated heterocycles. The van der Waals surface area contributed by atoms with Gasteiger partial charge in [-0.1, -0.05) is 5.16 Å². The highest BCUT2D eigenvalue weighted by atomic mass is 16.5. The minimum absolute atomic E-state index is 0.0265. The van der Waals surface area contributed by atoms with Crippen LogP contribution in [0.2, 0.25) is 0 Å². The van der Waals surface area contributed by atoms with Gasteiger partial charge in [0.05, 0.1) is 18.6 Å². The summed E-state index contributed by atoms with van der Waals surface area (Å²) in [6.07, 6.45) is 5.31. The smallest absolute Gasteiger partial charge is 0.229 e. The van der Waals surface area contributed by atoms with Gasteiger partial charge in [0.25, 0.3) is 0 Å². The van der Waals surface area contributed by atoms with E-state index in [1.54, 1.807) is 0 Å². The Morgan fingerprint density at radius 1 is 1.16 bits per heavy atom. The Morgan fingerprint density at radius 3 is 2.84 bits per heavy atom. The molecule has 0 bridgehead atoms. The van der Waals surface area contributed by atoms with E-state index in [0.717, 1.165) is 63.8 Å². The molecule has 1 aliphatic carbocycles. The van der Waals surface area contributed by atoms with Crippen molar-refractivity contribution in [3.63, 3.8) is 0 Å². The molecule has 2 aliphatic heterocycles. The second-order valence-electron chi connectivity index (χ2n) is 7.60. The zero-order valence-electron chi connectivity index (χ0n) is 15.0. The maximum Gasteiger partial charge on any atom is 0.229 e. The van der Waals surface area contributed by atoms with Crippen molar-refractivity contribution in [1.29, 1.82) is 0 Å². The van der Waals surface area contributed by atoms with Crippen molar-refractivity contribution in [2.24, 2.45) is 5.92 Å². The lowest BCUT2D eigenvalue weighted by Crippen LogP contribution is -2.44. The van der Waals surface area contributed by atoms with E-state index < -0.39 is 0 Å². The van der Waals surface area contributed by atoms with Crippen molar-refractivity contribution in [1.82, 2.24) is 19.9 Å². The van der Waals surface area contributed by atoms with Gasteiger partial charge in [-0.05, 0) is 39.0 Å². The largest absolute Gasteiger partial charge is 0.378 e. The predicted molar refractivity (Wildman–Crippen MR) is 90.9 cm³/mol. The molecule has 7 nitrogen and oxygen atoms in total. The van der Waals surface area contributed by atoms with Gasteiger partial charge in [-0.25, -0.2) is 0 Å². The lowest BCUT2D eigenvalue weighted by atomic mass is 9.94. The molecule has 1 saturated carbocycles. The zero-order chi connectivity index (χ0) is 17.2. The normalized spacial score (nSPS) is 28.8. The topological polar surface area (TPSA) is 71.7 Å². The van der Waals surface area contributed by atoms with Crippen LogP contribution in [0.3, 0.4) is 0 Å². The summed E-state index contributed by atoms with van der Waals surface area (Å²) in [6, 6.07) is 0. The number of aromatic nitrogens is 2. The third-order valence-electron chi connectivity index (χ3n) is 5.60. The number of hydrogen-bond donors (Lipinski definition) is 0. The Morgan fingerprint density at radius 2 is 2.04 bits per heavy atom. The molecule has 0 unspecified atom stereocenters. The number of ether oxygens (including phenoxy) is 1. The fourth-order valence-corrected chi connectivity index (χ4v) is 3.86. The molecule has 0 spiro atoms. The minimum atomic E-state index is 0.0265. The molecule has 4 rings (SSSR count). The van der Waals surface area contributed by atoms with E-state index in [1.807, 2.05) is 11.8 Å². The van der Waals surface area contributed by atoms with Gasteiger partial charge in [0.1, 0.15) is 0 Å². The zero-order valence-corrected chi connectivity index (χ0v) is 15.0. The Hall–Kier alpha value is -1.47. The van der Waals surface area contributed by atoms with E-state index in [-0.39, 0.29) is 17.9 Å². The Balaban J connectivity index is 1.30. The van der Waals surface area contributed by atoms with Gasteiger partial charge in [-0.3, -0.25) is 9.69 Å². The van der Waals surface area contributed by atoms with Crippen LogP contribution in [0.1, 0.15) is 56.7 Å². The van der Waals surface area contributed by atoms with E-state index in [1.165, 1.54) is 12.8 Å². The highest BCUT2D eigenvalue weighted by Gasteiger charge is 2.33. The highest BCUT2D eigenvalue weighted by molar-refractivity contribution is 5.79. The molecule has 25 heavy (non-hydrogen) atoms. The highest BCUT2D eigenvalue weighted by Crippen LogP contribution is 2.38. The monoisotopic (exact) mass is 348 g/mol. The SMILES string of the molecule is C[C@H]1OCCC[C@H]1C(=O)N1CCCN(Cc2noc(C3CC3)n2)CC1. The molecule has 7 heteroatoms. The molecule has 3 heterocycles. The van der Waals surface area contributed by atoms with Crippen LogP contribution in [0.25, 0.3) is 0 Å². The fourth-order valence-electron chi connectivity index (χ4n) is 3.86. The van der Waals surface area contributed by atoms with E-state index in [0.29, 0.717) is 12.5 Å². The van der Waals surface area contributed by atoms with Crippen LogP contribution in [-0.4, -0.2) is 64.7 Å². The van der Waals surface area contributed by atoms with Crippen molar-refractivity contribution in [3.05, 3.63) is 11.7 Å². The first-order valence-corrected chi connectivity index (χ1v) is 9.66. The number of amides is 1. The Labute approximate surface area is 148 Å². The molecule has 1 aromatic heterocycles. The molecule has 138 valence electrons. The summed E-state index contributed by atoms with van der Waals surface area (Å²) in [7, 11) is 0. The molecule has 1 amide bonds. The average Bonchev–Trinajstić information content (AvgIpc) is 3.40. The lowest BCUT2D eigenvalue weighted by molar-refractivity contribution is -0.143. The van der Waals surface area contributed by atoms with Crippen molar-refractivity contribution in [3.8, 4) is 0 Å². The summed E-state index contributed by atoms with van der Waals surface area (Å²) in [5, 5.41) is 4.11. The van der Waals surface area contributed by atoms with Gasteiger partial charge in [-0.15, -0.1) is 0 Å². The quantitative estimate of drug-likeness (QED) is 0.826. The third-order valence-corrected chi connectivity index (χ3v) is 5.60. The van der Waals surface area contributed by atoms with Crippen LogP contribution in [-0.2, 0) is 16.1 Å². The van der Waals surface area contributed by atoms with Crippen molar-refractivity contribution < 1.29 is 14.1 Å². The van der Waals surface area contributed by atoms with Gasteiger partial charge in [-0.2, -0.15) is 4.98 Å². The second kappa shape index (κ2) is 7.41. The fraction of sp³-hybridized carbons (Fsp3) is 0.833. The van der Waals surface area contributed by atoms with Crippen molar-refractivity contribution in [2.75, 3.05) is 32.8 Å². The molecule has 0 radical (unpaired) electrons. The molecule has 3 fully saturated rings. The number of rotatable bonds is 4.